The molecule has 0 saturated carbocycles. The van der Waals surface area contributed by atoms with Gasteiger partial charge in [0.2, 0.25) is 0 Å². The van der Waals surface area contributed by atoms with E-state index in [1.807, 2.05) is 0 Å². The van der Waals surface area contributed by atoms with Gasteiger partial charge in [-0.05, 0) is 21.1 Å². The summed E-state index contributed by atoms with van der Waals surface area (Å²) in [6, 6.07) is 0. The summed E-state index contributed by atoms with van der Waals surface area (Å²) in [5.41, 5.74) is -5.65. The second-order valence-corrected chi connectivity index (χ2v) is 6.18. The van der Waals surface area contributed by atoms with Crippen LogP contribution in [0, 0.1) is 0 Å². The third-order valence-electron chi connectivity index (χ3n) is 2.87. The maximum Gasteiger partial charge on any atom is 0.485 e. The fraction of sp³-hybridized carbons (Fsp3) is 1.00. The summed E-state index contributed by atoms with van der Waals surface area (Å²) in [4.78, 5) is 7.20. The molecule has 134 valence electrons. The van der Waals surface area contributed by atoms with Gasteiger partial charge in [-0.1, -0.05) is 0 Å². The SMILES string of the molecule is CN1CCN(C)CCN(C)CC1.O=S(=O)([O-])C(F)(F)F.[Cl-].[Ge]. The monoisotopic (exact) mass is 429 g/mol. The van der Waals surface area contributed by atoms with Crippen molar-refractivity contribution >= 4 is 27.7 Å². The fourth-order valence-electron chi connectivity index (χ4n) is 1.36. The van der Waals surface area contributed by atoms with E-state index >= 15 is 0 Å². The van der Waals surface area contributed by atoms with Crippen LogP contribution in [0.4, 0.5) is 13.2 Å². The Hall–Kier alpha value is 0.413. The Morgan fingerprint density at radius 3 is 1.05 bits per heavy atom. The first kappa shape index (κ1) is 27.3. The second kappa shape index (κ2) is 11.9. The molecule has 1 saturated heterocycles. The van der Waals surface area contributed by atoms with E-state index in [4.69, 9.17) is 13.0 Å². The third kappa shape index (κ3) is 12.9. The summed E-state index contributed by atoms with van der Waals surface area (Å²) in [5.74, 6) is 0. The molecule has 1 aliphatic rings. The topological polar surface area (TPSA) is 66.9 Å². The molecule has 1 heterocycles. The molecule has 12 heteroatoms. The predicted octanol–water partition coefficient (Wildman–Crippen LogP) is -3.53. The van der Waals surface area contributed by atoms with E-state index in [1.54, 1.807) is 0 Å². The van der Waals surface area contributed by atoms with Gasteiger partial charge in [0.1, 0.15) is 0 Å². The smallest absolute Gasteiger partial charge is 0.485 e. The van der Waals surface area contributed by atoms with Gasteiger partial charge in [-0.15, -0.1) is 0 Å². The predicted molar refractivity (Wildman–Crippen MR) is 74.0 cm³/mol. The Morgan fingerprint density at radius 2 is 0.955 bits per heavy atom. The summed E-state index contributed by atoms with van der Waals surface area (Å²) in [6.07, 6.45) is 0. The number of hydrogen-bond donors (Lipinski definition) is 0. The molecule has 0 bridgehead atoms. The Bertz CT molecular complexity index is 352. The van der Waals surface area contributed by atoms with Crippen molar-refractivity contribution in [3.8, 4) is 0 Å². The van der Waals surface area contributed by atoms with Crippen LogP contribution in [-0.4, -0.2) is 111 Å². The van der Waals surface area contributed by atoms with Crippen molar-refractivity contribution in [2.24, 2.45) is 0 Å². The van der Waals surface area contributed by atoms with Gasteiger partial charge >= 0.3 is 5.51 Å². The Balaban J connectivity index is -0.000000323. The summed E-state index contributed by atoms with van der Waals surface area (Å²) >= 11 is 0. The van der Waals surface area contributed by atoms with Crippen molar-refractivity contribution in [1.82, 2.24) is 14.7 Å². The molecule has 1 aliphatic heterocycles. The van der Waals surface area contributed by atoms with E-state index in [0.717, 1.165) is 0 Å². The molecule has 0 N–H and O–H groups in total. The van der Waals surface area contributed by atoms with Crippen molar-refractivity contribution in [2.75, 3.05) is 60.4 Å². The molecule has 0 aromatic rings. The fourth-order valence-corrected chi connectivity index (χ4v) is 1.36. The minimum absolute atomic E-state index is 0. The first-order chi connectivity index (χ1) is 8.93. The molecular weight excluding hydrogens is 407 g/mol. The average Bonchev–Trinajstić information content (AvgIpc) is 2.34. The van der Waals surface area contributed by atoms with Crippen molar-refractivity contribution in [3.63, 3.8) is 0 Å². The molecule has 0 spiro atoms. The largest absolute Gasteiger partial charge is 1.00 e. The van der Waals surface area contributed by atoms with Gasteiger partial charge < -0.3 is 31.7 Å². The van der Waals surface area contributed by atoms with Crippen LogP contribution in [-0.2, 0) is 10.1 Å². The van der Waals surface area contributed by atoms with Gasteiger partial charge in [-0.25, -0.2) is 8.42 Å². The van der Waals surface area contributed by atoms with E-state index in [2.05, 4.69) is 35.8 Å². The third-order valence-corrected chi connectivity index (χ3v) is 3.44. The maximum absolute atomic E-state index is 10.7. The van der Waals surface area contributed by atoms with Crippen LogP contribution in [0.25, 0.3) is 0 Å². The summed E-state index contributed by atoms with van der Waals surface area (Å²) in [5, 5.41) is 0. The zero-order valence-electron chi connectivity index (χ0n) is 12.7. The molecule has 1 fully saturated rings. The summed E-state index contributed by atoms with van der Waals surface area (Å²) in [7, 11) is 0.514. The average molecular weight is 428 g/mol. The van der Waals surface area contributed by atoms with Gasteiger partial charge in [0.25, 0.3) is 0 Å². The molecule has 22 heavy (non-hydrogen) atoms. The molecule has 0 aromatic carbocycles. The van der Waals surface area contributed by atoms with Crippen LogP contribution in [0.1, 0.15) is 0 Å². The second-order valence-electron chi connectivity index (χ2n) is 4.81. The minimum Gasteiger partial charge on any atom is -1.00 e. The molecule has 4 radical (unpaired) electrons. The van der Waals surface area contributed by atoms with E-state index in [9.17, 15) is 13.2 Å². The van der Waals surface area contributed by atoms with Gasteiger partial charge in [0, 0.05) is 56.9 Å². The van der Waals surface area contributed by atoms with Crippen molar-refractivity contribution < 1.29 is 38.5 Å². The number of likely N-dealkylation sites (N-methyl/N-ethyl adjacent to an activating group) is 3. The molecule has 6 nitrogen and oxygen atoms in total. The normalized spacial score (nSPS) is 19.4. The van der Waals surface area contributed by atoms with E-state index in [0.29, 0.717) is 0 Å². The maximum atomic E-state index is 10.7. The van der Waals surface area contributed by atoms with Crippen LogP contribution < -0.4 is 12.4 Å². The Morgan fingerprint density at radius 1 is 0.818 bits per heavy atom. The van der Waals surface area contributed by atoms with Crippen molar-refractivity contribution in [2.45, 2.75) is 5.51 Å². The quantitative estimate of drug-likeness (QED) is 0.226. The van der Waals surface area contributed by atoms with Crippen LogP contribution in [0.15, 0.2) is 0 Å². The van der Waals surface area contributed by atoms with Crippen LogP contribution in [0.2, 0.25) is 0 Å². The molecule has 0 unspecified atom stereocenters. The summed E-state index contributed by atoms with van der Waals surface area (Å²) in [6.45, 7) is 7.19. The van der Waals surface area contributed by atoms with Crippen molar-refractivity contribution in [1.29, 1.82) is 0 Å². The molecule has 0 atom stereocenters. The Kier molecular flexibility index (Phi) is 14.7. The minimum atomic E-state index is -6.09. The van der Waals surface area contributed by atoms with Crippen LogP contribution >= 0.6 is 0 Å². The van der Waals surface area contributed by atoms with E-state index in [1.165, 1.54) is 39.3 Å². The standard InChI is InChI=1S/C9H21N3.CHF3O3S.ClH.Ge/c1-10-4-6-11(2)8-9-12(3)7-5-10;2-1(3,4)8(5,6)7;;/h4-9H2,1-3H3;(H,5,6,7);1H;/p-2. The van der Waals surface area contributed by atoms with Gasteiger partial charge in [-0.3, -0.25) is 0 Å². The molecule has 0 amide bonds. The van der Waals surface area contributed by atoms with E-state index in [-0.39, 0.29) is 30.0 Å². The Labute approximate surface area is 147 Å². The number of alkyl halides is 3. The number of hydrogen-bond acceptors (Lipinski definition) is 6. The number of rotatable bonds is 0. The number of halogens is 4. The van der Waals surface area contributed by atoms with Gasteiger partial charge in [-0.2, -0.15) is 13.2 Å². The van der Waals surface area contributed by atoms with Crippen LogP contribution in [0.3, 0.4) is 0 Å². The molecule has 0 aliphatic carbocycles. The first-order valence-corrected chi connectivity index (χ1v) is 7.42. The summed E-state index contributed by atoms with van der Waals surface area (Å²) < 4.78 is 58.9. The van der Waals surface area contributed by atoms with E-state index < -0.39 is 15.6 Å². The zero-order chi connectivity index (χ0) is 16.0. The first-order valence-electron chi connectivity index (χ1n) is 6.01. The van der Waals surface area contributed by atoms with Gasteiger partial charge in [0.15, 0.2) is 10.1 Å². The number of nitrogens with zero attached hydrogens (tertiary/aromatic N) is 3. The van der Waals surface area contributed by atoms with Crippen molar-refractivity contribution in [3.05, 3.63) is 0 Å². The van der Waals surface area contributed by atoms with Gasteiger partial charge in [0.05, 0.1) is 0 Å². The van der Waals surface area contributed by atoms with Crippen LogP contribution in [0.5, 0.6) is 0 Å². The molecular formula is C10H21ClF3GeN3O3S-2. The molecule has 1 rings (SSSR count). The molecule has 0 aromatic heterocycles. The zero-order valence-corrected chi connectivity index (χ0v) is 16.4.